The number of amides is 1. The topological polar surface area (TPSA) is 96.3 Å². The van der Waals surface area contributed by atoms with Gasteiger partial charge < -0.3 is 19.7 Å². The Morgan fingerprint density at radius 1 is 0.919 bits per heavy atom. The van der Waals surface area contributed by atoms with Gasteiger partial charge in [0.15, 0.2) is 11.5 Å². The first-order valence-electron chi connectivity index (χ1n) is 11.6. The van der Waals surface area contributed by atoms with Crippen LogP contribution in [-0.2, 0) is 15.0 Å². The highest BCUT2D eigenvalue weighted by atomic mass is 35.5. The van der Waals surface area contributed by atoms with Crippen molar-refractivity contribution in [1.29, 1.82) is 0 Å². The molecular formula is C29H28ClNO6. The quantitative estimate of drug-likeness (QED) is 0.243. The smallest absolute Gasteiger partial charge is 0.300 e. The Balaban J connectivity index is 1.97. The maximum absolute atomic E-state index is 13.4. The van der Waals surface area contributed by atoms with E-state index in [2.05, 4.69) is 0 Å². The fourth-order valence-electron chi connectivity index (χ4n) is 4.49. The molecule has 0 aromatic heterocycles. The van der Waals surface area contributed by atoms with E-state index < -0.39 is 17.7 Å². The van der Waals surface area contributed by atoms with Crippen LogP contribution in [0.3, 0.4) is 0 Å². The van der Waals surface area contributed by atoms with Gasteiger partial charge in [0, 0.05) is 21.8 Å². The number of Topliss-reactive ketones (excluding diaryl/α,β-unsaturated/α-hetero) is 1. The van der Waals surface area contributed by atoms with E-state index in [4.69, 9.17) is 21.1 Å². The zero-order valence-corrected chi connectivity index (χ0v) is 22.0. The number of aromatic hydroxyl groups is 1. The summed E-state index contributed by atoms with van der Waals surface area (Å²) in [4.78, 5) is 28.1. The third-order valence-electron chi connectivity index (χ3n) is 6.35. The number of nitrogens with zero attached hydrogens (tertiary/aromatic N) is 1. The van der Waals surface area contributed by atoms with Gasteiger partial charge in [0.25, 0.3) is 11.7 Å². The molecule has 3 aromatic carbocycles. The number of rotatable bonds is 5. The highest BCUT2D eigenvalue weighted by molar-refractivity contribution is 6.51. The molecule has 0 radical (unpaired) electrons. The zero-order chi connectivity index (χ0) is 27.1. The van der Waals surface area contributed by atoms with Crippen molar-refractivity contribution in [2.45, 2.75) is 32.2 Å². The van der Waals surface area contributed by atoms with Crippen LogP contribution >= 0.6 is 11.6 Å². The predicted octanol–water partition coefficient (Wildman–Crippen LogP) is 5.99. The molecule has 4 rings (SSSR count). The summed E-state index contributed by atoms with van der Waals surface area (Å²) in [7, 11) is 2.99. The standard InChI is InChI=1S/C29H28ClNO6/c1-29(2,3)20-14-17(7-12-22(20)36-4)26(33)24-25(16-6-13-23(37-5)21(32)15-16)31(28(35)27(24)34)19-10-8-18(30)9-11-19/h6-15,25,32-33H,1-5H3/b26-24-. The first-order valence-corrected chi connectivity index (χ1v) is 12.0. The minimum absolute atomic E-state index is 0.102. The van der Waals surface area contributed by atoms with Gasteiger partial charge in [0.05, 0.1) is 25.8 Å². The lowest BCUT2D eigenvalue weighted by Crippen LogP contribution is -2.29. The molecule has 1 fully saturated rings. The molecule has 3 aromatic rings. The Kier molecular flexibility index (Phi) is 6.93. The highest BCUT2D eigenvalue weighted by Gasteiger charge is 2.47. The van der Waals surface area contributed by atoms with Gasteiger partial charge in [-0.25, -0.2) is 0 Å². The number of halogens is 1. The number of methoxy groups -OCH3 is 2. The first kappa shape index (κ1) is 26.1. The lowest BCUT2D eigenvalue weighted by atomic mass is 9.84. The minimum atomic E-state index is -1.02. The number of ether oxygens (including phenoxy) is 2. The summed E-state index contributed by atoms with van der Waals surface area (Å²) in [6, 6.07) is 15.2. The summed E-state index contributed by atoms with van der Waals surface area (Å²) in [5.41, 5.74) is 1.59. The Hall–Kier alpha value is -3.97. The number of ketones is 1. The van der Waals surface area contributed by atoms with E-state index in [1.165, 1.54) is 24.1 Å². The van der Waals surface area contributed by atoms with Crippen molar-refractivity contribution in [2.24, 2.45) is 0 Å². The maximum Gasteiger partial charge on any atom is 0.300 e. The Bertz CT molecular complexity index is 1400. The Morgan fingerprint density at radius 2 is 1.54 bits per heavy atom. The van der Waals surface area contributed by atoms with Crippen LogP contribution < -0.4 is 14.4 Å². The van der Waals surface area contributed by atoms with E-state index in [0.29, 0.717) is 27.6 Å². The van der Waals surface area contributed by atoms with Crippen molar-refractivity contribution in [3.63, 3.8) is 0 Å². The molecule has 1 atom stereocenters. The Morgan fingerprint density at radius 3 is 2.11 bits per heavy atom. The third-order valence-corrected chi connectivity index (χ3v) is 6.60. The molecule has 192 valence electrons. The van der Waals surface area contributed by atoms with Crippen LogP contribution in [0, 0.1) is 0 Å². The van der Waals surface area contributed by atoms with Gasteiger partial charge in [-0.05, 0) is 65.6 Å². The number of phenolic OH excluding ortho intramolecular Hbond substituents is 1. The van der Waals surface area contributed by atoms with Gasteiger partial charge >= 0.3 is 0 Å². The van der Waals surface area contributed by atoms with Crippen molar-refractivity contribution in [2.75, 3.05) is 19.1 Å². The van der Waals surface area contributed by atoms with E-state index in [-0.39, 0.29) is 28.2 Å². The molecule has 8 heteroatoms. The second-order valence-corrected chi connectivity index (χ2v) is 10.2. The van der Waals surface area contributed by atoms with Gasteiger partial charge in [-0.15, -0.1) is 0 Å². The van der Waals surface area contributed by atoms with Crippen molar-refractivity contribution >= 4 is 34.7 Å². The van der Waals surface area contributed by atoms with Gasteiger partial charge in [-0.1, -0.05) is 38.4 Å². The maximum atomic E-state index is 13.4. The van der Waals surface area contributed by atoms with Crippen LogP contribution in [0.2, 0.25) is 5.02 Å². The van der Waals surface area contributed by atoms with Crippen LogP contribution in [0.15, 0.2) is 66.2 Å². The highest BCUT2D eigenvalue weighted by Crippen LogP contribution is 2.44. The van der Waals surface area contributed by atoms with Crippen LogP contribution in [-0.4, -0.2) is 36.1 Å². The normalized spacial score (nSPS) is 17.2. The van der Waals surface area contributed by atoms with E-state index in [0.717, 1.165) is 5.56 Å². The average molecular weight is 522 g/mol. The van der Waals surface area contributed by atoms with E-state index >= 15 is 0 Å². The fraction of sp³-hybridized carbons (Fsp3) is 0.241. The second kappa shape index (κ2) is 9.82. The third kappa shape index (κ3) is 4.74. The molecule has 0 aliphatic carbocycles. The summed E-state index contributed by atoms with van der Waals surface area (Å²) in [5, 5.41) is 22.4. The van der Waals surface area contributed by atoms with Gasteiger partial charge in [-0.2, -0.15) is 0 Å². The van der Waals surface area contributed by atoms with Crippen molar-refractivity contribution in [1.82, 2.24) is 0 Å². The molecule has 0 bridgehead atoms. The predicted molar refractivity (Wildman–Crippen MR) is 143 cm³/mol. The molecule has 1 unspecified atom stereocenters. The van der Waals surface area contributed by atoms with E-state index in [1.54, 1.807) is 55.6 Å². The van der Waals surface area contributed by atoms with Crippen LogP contribution in [0.1, 0.15) is 43.5 Å². The molecule has 1 saturated heterocycles. The molecule has 1 heterocycles. The Labute approximate surface area is 220 Å². The van der Waals surface area contributed by atoms with Crippen molar-refractivity contribution < 1.29 is 29.3 Å². The molecule has 2 N–H and O–H groups in total. The SMILES string of the molecule is COc1ccc(C2/C(=C(/O)c3ccc(OC)c(C(C)(C)C)c3)C(=O)C(=O)N2c2ccc(Cl)cc2)cc1O. The van der Waals surface area contributed by atoms with Crippen LogP contribution in [0.4, 0.5) is 5.69 Å². The molecule has 0 spiro atoms. The average Bonchev–Trinajstić information content (AvgIpc) is 3.13. The number of benzene rings is 3. The first-order chi connectivity index (χ1) is 17.5. The lowest BCUT2D eigenvalue weighted by molar-refractivity contribution is -0.132. The number of carbonyl (C=O) groups excluding carboxylic acids is 2. The molecule has 37 heavy (non-hydrogen) atoms. The molecule has 0 saturated carbocycles. The summed E-state index contributed by atoms with van der Waals surface area (Å²) < 4.78 is 10.7. The number of hydrogen-bond acceptors (Lipinski definition) is 6. The van der Waals surface area contributed by atoms with Crippen molar-refractivity contribution in [3.8, 4) is 17.2 Å². The number of phenols is 1. The zero-order valence-electron chi connectivity index (χ0n) is 21.2. The van der Waals surface area contributed by atoms with Crippen LogP contribution in [0.25, 0.3) is 5.76 Å². The molecular weight excluding hydrogens is 494 g/mol. The number of hydrogen-bond donors (Lipinski definition) is 2. The minimum Gasteiger partial charge on any atom is -0.507 e. The van der Waals surface area contributed by atoms with Crippen molar-refractivity contribution in [3.05, 3.63) is 87.9 Å². The summed E-state index contributed by atoms with van der Waals surface area (Å²) >= 11 is 6.05. The molecule has 7 nitrogen and oxygen atoms in total. The molecule has 1 amide bonds. The molecule has 1 aliphatic rings. The number of aliphatic hydroxyl groups excluding tert-OH is 1. The van der Waals surface area contributed by atoms with E-state index in [9.17, 15) is 19.8 Å². The van der Waals surface area contributed by atoms with Crippen LogP contribution in [0.5, 0.6) is 17.2 Å². The summed E-state index contributed by atoms with van der Waals surface area (Å²) in [6.45, 7) is 6.02. The number of anilines is 1. The van der Waals surface area contributed by atoms with Gasteiger partial charge in [-0.3, -0.25) is 14.5 Å². The lowest BCUT2D eigenvalue weighted by Gasteiger charge is -2.26. The van der Waals surface area contributed by atoms with E-state index in [1.807, 2.05) is 20.8 Å². The number of aliphatic hydroxyl groups is 1. The van der Waals surface area contributed by atoms with Gasteiger partial charge in [0.1, 0.15) is 11.5 Å². The molecule has 1 aliphatic heterocycles. The largest absolute Gasteiger partial charge is 0.507 e. The number of carbonyl (C=O) groups is 2. The summed E-state index contributed by atoms with van der Waals surface area (Å²) in [5.74, 6) is -1.28. The van der Waals surface area contributed by atoms with Gasteiger partial charge in [0.2, 0.25) is 0 Å². The second-order valence-electron chi connectivity index (χ2n) is 9.74. The summed E-state index contributed by atoms with van der Waals surface area (Å²) in [6.07, 6.45) is 0. The fourth-order valence-corrected chi connectivity index (χ4v) is 4.62. The monoisotopic (exact) mass is 521 g/mol.